The van der Waals surface area contributed by atoms with Crippen molar-refractivity contribution < 1.29 is 13.2 Å². The van der Waals surface area contributed by atoms with E-state index in [0.717, 1.165) is 22.0 Å². The maximum atomic E-state index is 13.4. The Balaban J connectivity index is 1.74. The second-order valence-electron chi connectivity index (χ2n) is 6.88. The molecule has 1 aliphatic heterocycles. The molecule has 0 fully saturated rings. The Morgan fingerprint density at radius 2 is 1.57 bits per heavy atom. The fraction of sp³-hybridized carbons (Fsp3) is 0.136. The molecule has 30 heavy (non-hydrogen) atoms. The number of nitrogens with zero attached hydrogens (tertiary/aromatic N) is 2. The largest absolute Gasteiger partial charge is 0.310 e. The maximum Gasteiger partial charge on any atom is 0.264 e. The third kappa shape index (κ3) is 4.03. The van der Waals surface area contributed by atoms with Crippen molar-refractivity contribution in [3.8, 4) is 0 Å². The molecule has 4 rings (SSSR count). The van der Waals surface area contributed by atoms with Crippen LogP contribution >= 0.6 is 23.2 Å². The van der Waals surface area contributed by atoms with Crippen LogP contribution in [0.4, 0.5) is 11.4 Å². The number of anilines is 2. The highest BCUT2D eigenvalue weighted by Gasteiger charge is 2.31. The minimum Gasteiger partial charge on any atom is -0.310 e. The van der Waals surface area contributed by atoms with E-state index in [1.807, 2.05) is 24.3 Å². The van der Waals surface area contributed by atoms with E-state index in [1.165, 1.54) is 30.3 Å². The molecule has 0 unspecified atom stereocenters. The van der Waals surface area contributed by atoms with E-state index in [-0.39, 0.29) is 33.1 Å². The van der Waals surface area contributed by atoms with Crippen LogP contribution < -0.4 is 9.21 Å². The van der Waals surface area contributed by atoms with Crippen molar-refractivity contribution in [1.82, 2.24) is 0 Å². The van der Waals surface area contributed by atoms with Crippen LogP contribution in [0.25, 0.3) is 0 Å². The first-order valence-electron chi connectivity index (χ1n) is 9.28. The lowest BCUT2D eigenvalue weighted by molar-refractivity contribution is -0.117. The van der Waals surface area contributed by atoms with Gasteiger partial charge in [0.2, 0.25) is 5.91 Å². The Morgan fingerprint density at radius 3 is 2.27 bits per heavy atom. The van der Waals surface area contributed by atoms with Crippen molar-refractivity contribution >= 4 is 50.5 Å². The highest BCUT2D eigenvalue weighted by atomic mass is 35.5. The van der Waals surface area contributed by atoms with Crippen molar-refractivity contribution in [2.75, 3.05) is 22.3 Å². The number of hydrogen-bond acceptors (Lipinski definition) is 3. The summed E-state index contributed by atoms with van der Waals surface area (Å²) in [7, 11) is -4.02. The first-order chi connectivity index (χ1) is 14.4. The lowest BCUT2D eigenvalue weighted by Gasteiger charge is -2.27. The molecule has 3 aromatic carbocycles. The van der Waals surface area contributed by atoms with E-state index in [4.69, 9.17) is 23.2 Å². The third-order valence-corrected chi connectivity index (χ3v) is 7.16. The normalized spacial score (nSPS) is 13.2. The van der Waals surface area contributed by atoms with E-state index in [2.05, 4.69) is 0 Å². The van der Waals surface area contributed by atoms with Gasteiger partial charge in [0.25, 0.3) is 10.0 Å². The van der Waals surface area contributed by atoms with Gasteiger partial charge in [0.15, 0.2) is 0 Å². The topological polar surface area (TPSA) is 57.7 Å². The summed E-state index contributed by atoms with van der Waals surface area (Å²) in [5.74, 6) is -0.324. The Labute approximate surface area is 185 Å². The molecule has 0 N–H and O–H groups in total. The van der Waals surface area contributed by atoms with Crippen LogP contribution in [0.5, 0.6) is 0 Å². The van der Waals surface area contributed by atoms with Crippen LogP contribution in [-0.4, -0.2) is 27.4 Å². The van der Waals surface area contributed by atoms with Gasteiger partial charge in [-0.05, 0) is 48.4 Å². The van der Waals surface area contributed by atoms with E-state index in [0.29, 0.717) is 6.54 Å². The zero-order chi connectivity index (χ0) is 21.3. The van der Waals surface area contributed by atoms with Crippen molar-refractivity contribution in [2.24, 2.45) is 0 Å². The molecule has 0 atom stereocenters. The summed E-state index contributed by atoms with van der Waals surface area (Å²) in [6.07, 6.45) is 0.732. The molecule has 8 heteroatoms. The standard InChI is InChI=1S/C22H18Cl2N2O3S/c23-17-12-18(24)14-19(13-17)26(30(28,29)20-7-2-1-3-8-20)15-22(27)25-11-10-16-6-4-5-9-21(16)25/h1-9,12-14H,10-11,15H2. The fourth-order valence-electron chi connectivity index (χ4n) is 3.52. The van der Waals surface area contributed by atoms with Gasteiger partial charge in [-0.2, -0.15) is 0 Å². The molecule has 0 radical (unpaired) electrons. The summed E-state index contributed by atoms with van der Waals surface area (Å²) < 4.78 is 27.9. The van der Waals surface area contributed by atoms with Crippen molar-refractivity contribution in [3.05, 3.63) is 88.4 Å². The monoisotopic (exact) mass is 460 g/mol. The van der Waals surface area contributed by atoms with Gasteiger partial charge < -0.3 is 4.90 Å². The number of hydrogen-bond donors (Lipinski definition) is 0. The molecule has 5 nitrogen and oxygen atoms in total. The first-order valence-corrected chi connectivity index (χ1v) is 11.5. The van der Waals surface area contributed by atoms with Gasteiger partial charge in [0, 0.05) is 22.3 Å². The number of sulfonamides is 1. The number of rotatable bonds is 5. The quantitative estimate of drug-likeness (QED) is 0.550. The number of carbonyl (C=O) groups excluding carboxylic acids is 1. The number of amides is 1. The van der Waals surface area contributed by atoms with E-state index >= 15 is 0 Å². The van der Waals surface area contributed by atoms with Gasteiger partial charge in [-0.1, -0.05) is 59.6 Å². The fourth-order valence-corrected chi connectivity index (χ4v) is 5.46. The van der Waals surface area contributed by atoms with Crippen LogP contribution in [0.2, 0.25) is 10.0 Å². The number of carbonyl (C=O) groups is 1. The summed E-state index contributed by atoms with van der Waals surface area (Å²) in [6, 6.07) is 20.1. The molecular formula is C22H18Cl2N2O3S. The second-order valence-corrected chi connectivity index (χ2v) is 9.61. The van der Waals surface area contributed by atoms with Gasteiger partial charge in [0.1, 0.15) is 6.54 Å². The van der Waals surface area contributed by atoms with Crippen LogP contribution in [0.3, 0.4) is 0 Å². The number of benzene rings is 3. The van der Waals surface area contributed by atoms with Crippen LogP contribution in [-0.2, 0) is 21.2 Å². The zero-order valence-electron chi connectivity index (χ0n) is 15.8. The lowest BCUT2D eigenvalue weighted by Crippen LogP contribution is -2.42. The average Bonchev–Trinajstić information content (AvgIpc) is 3.16. The number of halogens is 2. The Hall–Kier alpha value is -2.54. The molecular weight excluding hydrogens is 443 g/mol. The van der Waals surface area contributed by atoms with Crippen LogP contribution in [0.1, 0.15) is 5.56 Å². The van der Waals surface area contributed by atoms with Gasteiger partial charge in [-0.25, -0.2) is 8.42 Å². The van der Waals surface area contributed by atoms with Gasteiger partial charge >= 0.3 is 0 Å². The highest BCUT2D eigenvalue weighted by Crippen LogP contribution is 2.31. The molecule has 154 valence electrons. The van der Waals surface area contributed by atoms with E-state index in [1.54, 1.807) is 23.1 Å². The van der Waals surface area contributed by atoms with Gasteiger partial charge in [-0.15, -0.1) is 0 Å². The molecule has 0 saturated carbocycles. The molecule has 3 aromatic rings. The molecule has 0 bridgehead atoms. The molecule has 1 amide bonds. The number of para-hydroxylation sites is 1. The predicted molar refractivity (Wildman–Crippen MR) is 120 cm³/mol. The molecule has 0 spiro atoms. The van der Waals surface area contributed by atoms with Crippen molar-refractivity contribution in [2.45, 2.75) is 11.3 Å². The highest BCUT2D eigenvalue weighted by molar-refractivity contribution is 7.92. The summed E-state index contributed by atoms with van der Waals surface area (Å²) in [4.78, 5) is 14.9. The lowest BCUT2D eigenvalue weighted by atomic mass is 10.2. The Bertz CT molecular complexity index is 1180. The summed E-state index contributed by atoms with van der Waals surface area (Å²) in [6.45, 7) is 0.135. The van der Waals surface area contributed by atoms with Crippen molar-refractivity contribution in [3.63, 3.8) is 0 Å². The van der Waals surface area contributed by atoms with E-state index in [9.17, 15) is 13.2 Å². The Morgan fingerprint density at radius 1 is 0.933 bits per heavy atom. The number of fused-ring (bicyclic) bond motifs is 1. The summed E-state index contributed by atoms with van der Waals surface area (Å²) in [5.41, 5.74) is 2.11. The van der Waals surface area contributed by atoms with E-state index < -0.39 is 10.0 Å². The Kier molecular flexibility index (Phi) is 5.73. The molecule has 1 heterocycles. The van der Waals surface area contributed by atoms with Gasteiger partial charge in [-0.3, -0.25) is 9.10 Å². The average molecular weight is 461 g/mol. The first kappa shape index (κ1) is 20.7. The third-order valence-electron chi connectivity index (χ3n) is 4.93. The second kappa shape index (κ2) is 8.30. The SMILES string of the molecule is O=C(CN(c1cc(Cl)cc(Cl)c1)S(=O)(=O)c1ccccc1)N1CCc2ccccc21. The minimum absolute atomic E-state index is 0.0794. The van der Waals surface area contributed by atoms with Crippen LogP contribution in [0.15, 0.2) is 77.7 Å². The smallest absolute Gasteiger partial charge is 0.264 e. The van der Waals surface area contributed by atoms with Crippen LogP contribution in [0, 0.1) is 0 Å². The molecule has 0 saturated heterocycles. The predicted octanol–water partition coefficient (Wildman–Crippen LogP) is 4.78. The minimum atomic E-state index is -4.02. The zero-order valence-corrected chi connectivity index (χ0v) is 18.2. The maximum absolute atomic E-state index is 13.4. The molecule has 0 aliphatic carbocycles. The summed E-state index contributed by atoms with van der Waals surface area (Å²) in [5, 5.41) is 0.564. The van der Waals surface area contributed by atoms with Crippen molar-refractivity contribution in [1.29, 1.82) is 0 Å². The summed E-state index contributed by atoms with van der Waals surface area (Å²) >= 11 is 12.2. The van der Waals surface area contributed by atoms with Gasteiger partial charge in [0.05, 0.1) is 10.6 Å². The molecule has 1 aliphatic rings. The molecule has 0 aromatic heterocycles.